The van der Waals surface area contributed by atoms with Crippen LogP contribution in [-0.4, -0.2) is 12.0 Å². The zero-order valence-corrected chi connectivity index (χ0v) is 10.7. The molecule has 3 nitrogen and oxygen atoms in total. The van der Waals surface area contributed by atoms with Crippen LogP contribution >= 0.6 is 7.60 Å². The van der Waals surface area contributed by atoms with Crippen LogP contribution in [0, 0.1) is 0 Å². The van der Waals surface area contributed by atoms with Crippen molar-refractivity contribution in [3.63, 3.8) is 0 Å². The summed E-state index contributed by atoms with van der Waals surface area (Å²) in [5, 5.41) is 0. The van der Waals surface area contributed by atoms with Gasteiger partial charge < -0.3 is 9.42 Å². The molecule has 0 radical (unpaired) electrons. The number of hydrogen-bond acceptors (Lipinski definition) is 2. The average Bonchev–Trinajstić information content (AvgIpc) is 2.31. The molecule has 0 aliphatic carbocycles. The van der Waals surface area contributed by atoms with Gasteiger partial charge in [-0.25, -0.2) is 0 Å². The Morgan fingerprint density at radius 3 is 2.50 bits per heavy atom. The van der Waals surface area contributed by atoms with Crippen LogP contribution in [0.2, 0.25) is 0 Å². The molecular weight excluding hydrogens is 223 g/mol. The molecule has 0 amide bonds. The summed E-state index contributed by atoms with van der Waals surface area (Å²) >= 11 is 0. The highest BCUT2D eigenvalue weighted by atomic mass is 31.2. The molecule has 1 rings (SSSR count). The van der Waals surface area contributed by atoms with E-state index in [9.17, 15) is 9.46 Å². The summed E-state index contributed by atoms with van der Waals surface area (Å²) < 4.78 is 16.7. The summed E-state index contributed by atoms with van der Waals surface area (Å²) in [5.74, 6) is 0. The summed E-state index contributed by atoms with van der Waals surface area (Å²) in [6.07, 6.45) is 2.61. The minimum atomic E-state index is -3.54. The first-order valence-electron chi connectivity index (χ1n) is 5.55. The molecule has 90 valence electrons. The maximum absolute atomic E-state index is 11.9. The van der Waals surface area contributed by atoms with Crippen LogP contribution in [0.4, 0.5) is 0 Å². The lowest BCUT2D eigenvalue weighted by Gasteiger charge is -2.21. The van der Waals surface area contributed by atoms with Crippen molar-refractivity contribution in [2.75, 3.05) is 7.11 Å². The Balaban J connectivity index is 2.92. The first-order valence-corrected chi connectivity index (χ1v) is 7.19. The fourth-order valence-corrected chi connectivity index (χ4v) is 3.03. The number of benzene rings is 1. The normalized spacial score (nSPS) is 16.7. The molecule has 1 N–H and O–H groups in total. The topological polar surface area (TPSA) is 46.5 Å². The van der Waals surface area contributed by atoms with E-state index in [0.29, 0.717) is 6.42 Å². The van der Waals surface area contributed by atoms with E-state index in [1.807, 2.05) is 30.3 Å². The van der Waals surface area contributed by atoms with Crippen molar-refractivity contribution in [3.05, 3.63) is 35.9 Å². The minimum absolute atomic E-state index is 0.404. The first-order chi connectivity index (χ1) is 7.61. The summed E-state index contributed by atoms with van der Waals surface area (Å²) in [4.78, 5) is 9.80. The van der Waals surface area contributed by atoms with Gasteiger partial charge in [-0.2, -0.15) is 0 Å². The molecule has 0 heterocycles. The van der Waals surface area contributed by atoms with Gasteiger partial charge >= 0.3 is 7.60 Å². The molecule has 0 spiro atoms. The van der Waals surface area contributed by atoms with E-state index in [0.717, 1.165) is 18.4 Å². The van der Waals surface area contributed by atoms with Crippen LogP contribution in [0.1, 0.15) is 37.4 Å². The van der Waals surface area contributed by atoms with Crippen molar-refractivity contribution in [1.82, 2.24) is 0 Å². The fraction of sp³-hybridized carbons (Fsp3) is 0.500. The molecule has 0 aliphatic heterocycles. The highest BCUT2D eigenvalue weighted by Gasteiger charge is 2.31. The molecule has 0 fully saturated rings. The Morgan fingerprint density at radius 2 is 2.00 bits per heavy atom. The van der Waals surface area contributed by atoms with Crippen LogP contribution in [0.15, 0.2) is 30.3 Å². The molecule has 0 saturated heterocycles. The Bertz CT molecular complexity index is 351. The second kappa shape index (κ2) is 6.19. The van der Waals surface area contributed by atoms with Gasteiger partial charge in [0.05, 0.1) is 5.66 Å². The second-order valence-electron chi connectivity index (χ2n) is 3.82. The minimum Gasteiger partial charge on any atom is -0.324 e. The van der Waals surface area contributed by atoms with Crippen LogP contribution in [-0.2, 0) is 9.09 Å². The van der Waals surface area contributed by atoms with Crippen molar-refractivity contribution in [1.29, 1.82) is 0 Å². The van der Waals surface area contributed by atoms with Gasteiger partial charge in [0.25, 0.3) is 0 Å². The third kappa shape index (κ3) is 3.44. The lowest BCUT2D eigenvalue weighted by Crippen LogP contribution is -2.01. The van der Waals surface area contributed by atoms with Gasteiger partial charge in [-0.05, 0) is 12.0 Å². The summed E-state index contributed by atoms with van der Waals surface area (Å²) in [7, 11) is -2.24. The molecule has 4 heteroatoms. The van der Waals surface area contributed by atoms with Crippen molar-refractivity contribution in [2.45, 2.75) is 31.8 Å². The summed E-state index contributed by atoms with van der Waals surface area (Å²) in [5.41, 5.74) is 0.474. The predicted molar refractivity (Wildman–Crippen MR) is 65.5 cm³/mol. The Kier molecular flexibility index (Phi) is 5.20. The van der Waals surface area contributed by atoms with Crippen molar-refractivity contribution >= 4 is 7.60 Å². The maximum atomic E-state index is 11.9. The molecule has 2 atom stereocenters. The lowest BCUT2D eigenvalue weighted by molar-refractivity contribution is 0.301. The van der Waals surface area contributed by atoms with Gasteiger partial charge in [-0.3, -0.25) is 4.57 Å². The van der Waals surface area contributed by atoms with E-state index < -0.39 is 13.3 Å². The molecule has 16 heavy (non-hydrogen) atoms. The number of unbranched alkanes of at least 4 members (excludes halogenated alkanes) is 1. The highest BCUT2D eigenvalue weighted by molar-refractivity contribution is 7.53. The fourth-order valence-electron chi connectivity index (χ4n) is 1.72. The zero-order chi connectivity index (χ0) is 12.0. The summed E-state index contributed by atoms with van der Waals surface area (Å²) in [6, 6.07) is 9.41. The molecule has 1 aromatic rings. The van der Waals surface area contributed by atoms with Gasteiger partial charge in [0.15, 0.2) is 0 Å². The van der Waals surface area contributed by atoms with E-state index in [4.69, 9.17) is 4.52 Å². The molecule has 0 saturated carbocycles. The van der Waals surface area contributed by atoms with Crippen molar-refractivity contribution in [2.24, 2.45) is 0 Å². The van der Waals surface area contributed by atoms with Crippen molar-refractivity contribution in [3.8, 4) is 0 Å². The van der Waals surface area contributed by atoms with Crippen LogP contribution in [0.5, 0.6) is 0 Å². The molecule has 0 bridgehead atoms. The van der Waals surface area contributed by atoms with E-state index in [2.05, 4.69) is 6.92 Å². The smallest absolute Gasteiger partial charge is 0.324 e. The summed E-state index contributed by atoms with van der Waals surface area (Å²) in [6.45, 7) is 2.07. The maximum Gasteiger partial charge on any atom is 0.335 e. The van der Waals surface area contributed by atoms with Gasteiger partial charge in [-0.1, -0.05) is 50.1 Å². The molecule has 0 aliphatic rings. The van der Waals surface area contributed by atoms with Crippen LogP contribution in [0.3, 0.4) is 0 Å². The van der Waals surface area contributed by atoms with Gasteiger partial charge in [0.1, 0.15) is 0 Å². The zero-order valence-electron chi connectivity index (χ0n) is 9.80. The van der Waals surface area contributed by atoms with Gasteiger partial charge in [-0.15, -0.1) is 0 Å². The molecule has 2 unspecified atom stereocenters. The van der Waals surface area contributed by atoms with Crippen LogP contribution < -0.4 is 0 Å². The number of rotatable bonds is 6. The van der Waals surface area contributed by atoms with Gasteiger partial charge in [0.2, 0.25) is 0 Å². The Morgan fingerprint density at radius 1 is 1.38 bits per heavy atom. The average molecular weight is 242 g/mol. The van der Waals surface area contributed by atoms with Crippen molar-refractivity contribution < 1.29 is 14.0 Å². The molecule has 1 aromatic carbocycles. The lowest BCUT2D eigenvalue weighted by atomic mass is 10.1. The largest absolute Gasteiger partial charge is 0.335 e. The van der Waals surface area contributed by atoms with E-state index in [1.54, 1.807) is 0 Å². The Hall–Kier alpha value is -0.630. The predicted octanol–water partition coefficient (Wildman–Crippen LogP) is 3.75. The second-order valence-corrected chi connectivity index (χ2v) is 5.93. The third-order valence-corrected chi connectivity index (χ3v) is 4.54. The van der Waals surface area contributed by atoms with E-state index >= 15 is 0 Å². The quantitative estimate of drug-likeness (QED) is 0.773. The van der Waals surface area contributed by atoms with Crippen LogP contribution in [0.25, 0.3) is 0 Å². The number of hydrogen-bond donors (Lipinski definition) is 1. The van der Waals surface area contributed by atoms with E-state index in [1.165, 1.54) is 7.11 Å². The highest BCUT2D eigenvalue weighted by Crippen LogP contribution is 2.57. The van der Waals surface area contributed by atoms with Gasteiger partial charge in [0, 0.05) is 7.11 Å². The standard InChI is InChI=1S/C12H19O3P/c1-3-4-10-12(16(13,14)15-2)11-8-6-5-7-9-11/h5-9,12H,3-4,10H2,1-2H3,(H,13,14). The first kappa shape index (κ1) is 13.4. The SMILES string of the molecule is CCCCC(c1ccccc1)P(=O)(O)OC. The molecular formula is C12H19O3P. The third-order valence-electron chi connectivity index (χ3n) is 2.67. The monoisotopic (exact) mass is 242 g/mol. The molecule has 0 aromatic heterocycles. The van der Waals surface area contributed by atoms with E-state index in [-0.39, 0.29) is 0 Å². The Labute approximate surface area is 97.0 Å².